The van der Waals surface area contributed by atoms with Crippen LogP contribution in [0.4, 0.5) is 13.2 Å². The second-order valence-electron chi connectivity index (χ2n) is 11.5. The molecule has 0 radical (unpaired) electrons. The highest BCUT2D eigenvalue weighted by Gasteiger charge is 2.60. The number of nitrogens with zero attached hydrogens (tertiary/aromatic N) is 4. The van der Waals surface area contributed by atoms with Crippen LogP contribution >= 0.6 is 11.3 Å². The number of aliphatic imine (C=N–C) groups is 1. The van der Waals surface area contributed by atoms with Crippen LogP contribution in [0.3, 0.4) is 0 Å². The average molecular weight is 604 g/mol. The predicted molar refractivity (Wildman–Crippen MR) is 149 cm³/mol. The average Bonchev–Trinajstić information content (AvgIpc) is 3.24. The Labute approximate surface area is 245 Å². The van der Waals surface area contributed by atoms with Crippen molar-refractivity contribution < 1.29 is 32.6 Å². The summed E-state index contributed by atoms with van der Waals surface area (Å²) >= 11 is 1.32. The second-order valence-corrected chi connectivity index (χ2v) is 12.4. The molecule has 0 amide bonds. The Balaban J connectivity index is 1.37. The molecule has 4 aliphatic rings. The lowest BCUT2D eigenvalue weighted by molar-refractivity contribution is -0.144. The standard InChI is InChI=1S/C29H32F3N5O4S/c1-3-41-26(38)22-20(34-24(25-33-9-10-42-25)35-23(22)17-5-4-6-19(30)16(17)2)12-37-15-29(31,32)18-11-36(13-21(18)37)14-28(7-8-28)27(39)40/h4-6,9-10,18,21,23H,3,7-8,11-15H2,1-2H3,(H,34,35)(H,39,40)/t18-,21+,23+/m1/s1. The van der Waals surface area contributed by atoms with E-state index >= 15 is 8.78 Å². The molecular weight excluding hydrogens is 571 g/mol. The number of likely N-dealkylation sites (tertiary alicyclic amines) is 2. The molecule has 2 aromatic rings. The number of fused-ring (bicyclic) bond motifs is 1. The Hall–Kier alpha value is -3.29. The summed E-state index contributed by atoms with van der Waals surface area (Å²) in [5.74, 6) is -5.61. The molecule has 1 aromatic carbocycles. The Kier molecular flexibility index (Phi) is 7.38. The van der Waals surface area contributed by atoms with E-state index < -0.39 is 53.6 Å². The number of carboxylic acid groups (broad SMARTS) is 1. The lowest BCUT2D eigenvalue weighted by Gasteiger charge is -2.32. The highest BCUT2D eigenvalue weighted by atomic mass is 32.1. The summed E-state index contributed by atoms with van der Waals surface area (Å²) in [6.07, 6.45) is 2.71. The van der Waals surface area contributed by atoms with Crippen molar-refractivity contribution in [1.29, 1.82) is 0 Å². The number of nitrogens with one attached hydrogen (secondary N) is 1. The molecule has 1 aliphatic carbocycles. The number of benzene rings is 1. The summed E-state index contributed by atoms with van der Waals surface area (Å²) in [6.45, 7) is 3.48. The molecule has 3 fully saturated rings. The van der Waals surface area contributed by atoms with Crippen LogP contribution in [-0.4, -0.2) is 89.0 Å². The van der Waals surface area contributed by atoms with Crippen molar-refractivity contribution in [2.24, 2.45) is 16.3 Å². The molecule has 13 heteroatoms. The van der Waals surface area contributed by atoms with Gasteiger partial charge < -0.3 is 20.1 Å². The Bertz CT molecular complexity index is 1460. The van der Waals surface area contributed by atoms with E-state index in [0.29, 0.717) is 47.1 Å². The van der Waals surface area contributed by atoms with Gasteiger partial charge in [-0.15, -0.1) is 11.3 Å². The summed E-state index contributed by atoms with van der Waals surface area (Å²) < 4.78 is 50.9. The first-order valence-corrected chi connectivity index (χ1v) is 14.9. The Morgan fingerprint density at radius 2 is 2.05 bits per heavy atom. The van der Waals surface area contributed by atoms with Gasteiger partial charge in [-0.3, -0.25) is 14.7 Å². The van der Waals surface area contributed by atoms with Crippen LogP contribution in [0.1, 0.15) is 41.9 Å². The fourth-order valence-electron chi connectivity index (χ4n) is 6.44. The molecule has 224 valence electrons. The normalized spacial score (nSPS) is 26.5. The zero-order valence-corrected chi connectivity index (χ0v) is 24.1. The van der Waals surface area contributed by atoms with Gasteiger partial charge in [-0.05, 0) is 43.9 Å². The molecule has 42 heavy (non-hydrogen) atoms. The quantitative estimate of drug-likeness (QED) is 0.419. The number of aromatic nitrogens is 1. The van der Waals surface area contributed by atoms with Crippen LogP contribution in [0.15, 0.2) is 46.0 Å². The molecule has 3 aliphatic heterocycles. The van der Waals surface area contributed by atoms with E-state index in [1.165, 1.54) is 17.4 Å². The van der Waals surface area contributed by atoms with Gasteiger partial charge in [0.15, 0.2) is 10.8 Å². The van der Waals surface area contributed by atoms with E-state index in [-0.39, 0.29) is 31.8 Å². The van der Waals surface area contributed by atoms with Crippen LogP contribution in [0.25, 0.3) is 0 Å². The SMILES string of the molecule is CCOC(=O)C1=C(CN2CC(F)(F)[C@@H]3CN(CC4(C(=O)O)CC4)C[C@@H]32)NC(c2nccs2)=N[C@H]1c1cccc(F)c1C. The molecule has 1 saturated carbocycles. The summed E-state index contributed by atoms with van der Waals surface area (Å²) in [4.78, 5) is 37.8. The van der Waals surface area contributed by atoms with Crippen LogP contribution in [0.2, 0.25) is 0 Å². The van der Waals surface area contributed by atoms with Crippen molar-refractivity contribution in [1.82, 2.24) is 20.1 Å². The van der Waals surface area contributed by atoms with Crippen LogP contribution in [0, 0.1) is 24.1 Å². The van der Waals surface area contributed by atoms with Gasteiger partial charge in [0.2, 0.25) is 0 Å². The number of amidine groups is 1. The third-order valence-electron chi connectivity index (χ3n) is 8.85. The minimum Gasteiger partial charge on any atom is -0.481 e. The van der Waals surface area contributed by atoms with Gasteiger partial charge in [-0.2, -0.15) is 0 Å². The first-order chi connectivity index (χ1) is 20.0. The molecule has 9 nitrogen and oxygen atoms in total. The number of hydrogen-bond donors (Lipinski definition) is 2. The molecule has 0 spiro atoms. The van der Waals surface area contributed by atoms with Crippen molar-refractivity contribution in [2.45, 2.75) is 44.7 Å². The zero-order chi connectivity index (χ0) is 29.8. The minimum atomic E-state index is -3.00. The van der Waals surface area contributed by atoms with E-state index in [1.807, 2.05) is 4.90 Å². The van der Waals surface area contributed by atoms with E-state index in [4.69, 9.17) is 9.73 Å². The summed E-state index contributed by atoms with van der Waals surface area (Å²) in [6, 6.07) is 3.08. The fraction of sp³-hybridized carbons (Fsp3) is 0.517. The van der Waals surface area contributed by atoms with Crippen LogP contribution < -0.4 is 5.32 Å². The van der Waals surface area contributed by atoms with E-state index in [2.05, 4.69) is 10.3 Å². The number of hydrogen-bond acceptors (Lipinski definition) is 9. The summed E-state index contributed by atoms with van der Waals surface area (Å²) in [7, 11) is 0. The molecular formula is C29H32F3N5O4S. The van der Waals surface area contributed by atoms with Gasteiger partial charge in [0, 0.05) is 49.5 Å². The number of carbonyl (C=O) groups is 2. The first-order valence-electron chi connectivity index (χ1n) is 14.0. The lowest BCUT2D eigenvalue weighted by Crippen LogP contribution is -2.44. The number of carbonyl (C=O) groups excluding carboxylic acids is 1. The third-order valence-corrected chi connectivity index (χ3v) is 9.63. The molecule has 4 heterocycles. The Morgan fingerprint density at radius 1 is 1.26 bits per heavy atom. The highest BCUT2D eigenvalue weighted by Crippen LogP contribution is 2.49. The van der Waals surface area contributed by atoms with Gasteiger partial charge in [-0.1, -0.05) is 12.1 Å². The van der Waals surface area contributed by atoms with E-state index in [1.54, 1.807) is 42.5 Å². The largest absolute Gasteiger partial charge is 0.481 e. The van der Waals surface area contributed by atoms with Crippen molar-refractivity contribution in [2.75, 3.05) is 39.3 Å². The maximum atomic E-state index is 15.4. The van der Waals surface area contributed by atoms with E-state index in [0.717, 1.165) is 0 Å². The van der Waals surface area contributed by atoms with E-state index in [9.17, 15) is 19.1 Å². The number of halogens is 3. The number of thiazole rings is 1. The number of aliphatic carboxylic acids is 1. The van der Waals surface area contributed by atoms with Crippen molar-refractivity contribution >= 4 is 29.1 Å². The van der Waals surface area contributed by atoms with Crippen molar-refractivity contribution in [3.8, 4) is 0 Å². The summed E-state index contributed by atoms with van der Waals surface area (Å²) in [5.41, 5.74) is 0.417. The number of esters is 1. The van der Waals surface area contributed by atoms with Crippen LogP contribution in [0.5, 0.6) is 0 Å². The van der Waals surface area contributed by atoms with Gasteiger partial charge >= 0.3 is 11.9 Å². The zero-order valence-electron chi connectivity index (χ0n) is 23.3. The first kappa shape index (κ1) is 28.8. The predicted octanol–water partition coefficient (Wildman–Crippen LogP) is 3.62. The number of ether oxygens (including phenoxy) is 1. The summed E-state index contributed by atoms with van der Waals surface area (Å²) in [5, 5.41) is 15.1. The Morgan fingerprint density at radius 3 is 2.71 bits per heavy atom. The second kappa shape index (κ2) is 10.8. The van der Waals surface area contributed by atoms with Crippen molar-refractivity contribution in [3.63, 3.8) is 0 Å². The third kappa shape index (κ3) is 5.11. The topological polar surface area (TPSA) is 107 Å². The van der Waals surface area contributed by atoms with Gasteiger partial charge in [0.1, 0.15) is 11.9 Å². The number of carboxylic acids is 1. The molecule has 2 N–H and O–H groups in total. The molecule has 2 saturated heterocycles. The smallest absolute Gasteiger partial charge is 0.338 e. The van der Waals surface area contributed by atoms with Gasteiger partial charge in [0.05, 0.1) is 30.1 Å². The maximum absolute atomic E-state index is 15.4. The van der Waals surface area contributed by atoms with Gasteiger partial charge in [-0.25, -0.2) is 22.9 Å². The molecule has 0 bridgehead atoms. The van der Waals surface area contributed by atoms with Gasteiger partial charge in [0.25, 0.3) is 5.92 Å². The highest BCUT2D eigenvalue weighted by molar-refractivity contribution is 7.11. The molecule has 1 aromatic heterocycles. The molecule has 0 unspecified atom stereocenters. The number of alkyl halides is 2. The molecule has 6 rings (SSSR count). The lowest BCUT2D eigenvalue weighted by atomic mass is 9.92. The number of rotatable bonds is 9. The fourth-order valence-corrected chi connectivity index (χ4v) is 7.03. The maximum Gasteiger partial charge on any atom is 0.338 e. The molecule has 3 atom stereocenters. The van der Waals surface area contributed by atoms with Crippen LogP contribution in [-0.2, 0) is 14.3 Å². The monoisotopic (exact) mass is 603 g/mol. The van der Waals surface area contributed by atoms with Crippen molar-refractivity contribution in [3.05, 3.63) is 63.0 Å². The minimum absolute atomic E-state index is 0.0297.